The molecule has 0 unspecified atom stereocenters. The summed E-state index contributed by atoms with van der Waals surface area (Å²) in [5, 5.41) is 2.85. The molecule has 1 aliphatic rings. The first-order valence-corrected chi connectivity index (χ1v) is 8.85. The van der Waals surface area contributed by atoms with Crippen LogP contribution in [0.25, 0.3) is 0 Å². The molecule has 0 bridgehead atoms. The number of sulfone groups is 1. The van der Waals surface area contributed by atoms with Gasteiger partial charge in [0.1, 0.15) is 0 Å². The van der Waals surface area contributed by atoms with Crippen LogP contribution in [-0.2, 0) is 14.6 Å². The Balaban J connectivity index is 2.19. The molecule has 1 aromatic carbocycles. The topological polar surface area (TPSA) is 72.5 Å². The summed E-state index contributed by atoms with van der Waals surface area (Å²) >= 11 is 0. The van der Waals surface area contributed by atoms with Gasteiger partial charge in [0.05, 0.1) is 28.4 Å². The molecule has 1 heterocycles. The SMILES string of the molecule is CCS(=O)(=O)c1ccccc1C(=O)N[C@H](C)[C@H]1CCCO1. The lowest BCUT2D eigenvalue weighted by atomic mass is 10.1. The fourth-order valence-electron chi connectivity index (χ4n) is 2.46. The van der Waals surface area contributed by atoms with Crippen molar-refractivity contribution >= 4 is 15.7 Å². The minimum atomic E-state index is -3.42. The van der Waals surface area contributed by atoms with Crippen molar-refractivity contribution < 1.29 is 17.9 Å². The number of amides is 1. The monoisotopic (exact) mass is 311 g/mol. The zero-order valence-electron chi connectivity index (χ0n) is 12.3. The van der Waals surface area contributed by atoms with Crippen LogP contribution in [0.3, 0.4) is 0 Å². The molecule has 116 valence electrons. The molecule has 0 aromatic heterocycles. The summed E-state index contributed by atoms with van der Waals surface area (Å²) in [6, 6.07) is 6.17. The fourth-order valence-corrected chi connectivity index (χ4v) is 3.55. The first-order chi connectivity index (χ1) is 9.95. The lowest BCUT2D eigenvalue weighted by molar-refractivity contribution is 0.0710. The van der Waals surface area contributed by atoms with E-state index >= 15 is 0 Å². The molecule has 1 aliphatic heterocycles. The van der Waals surface area contributed by atoms with Crippen molar-refractivity contribution in [3.05, 3.63) is 29.8 Å². The zero-order valence-corrected chi connectivity index (χ0v) is 13.2. The van der Waals surface area contributed by atoms with Gasteiger partial charge in [0.15, 0.2) is 9.84 Å². The van der Waals surface area contributed by atoms with Gasteiger partial charge in [-0.1, -0.05) is 19.1 Å². The van der Waals surface area contributed by atoms with Crippen LogP contribution in [0.1, 0.15) is 37.0 Å². The van der Waals surface area contributed by atoms with Crippen LogP contribution < -0.4 is 5.32 Å². The molecule has 0 radical (unpaired) electrons. The molecular weight excluding hydrogens is 290 g/mol. The molecule has 2 atom stereocenters. The predicted molar refractivity (Wildman–Crippen MR) is 80.1 cm³/mol. The van der Waals surface area contributed by atoms with Gasteiger partial charge in [0.25, 0.3) is 5.91 Å². The largest absolute Gasteiger partial charge is 0.376 e. The lowest BCUT2D eigenvalue weighted by Crippen LogP contribution is -2.41. The molecular formula is C15H21NO4S. The van der Waals surface area contributed by atoms with E-state index < -0.39 is 9.84 Å². The number of hydrogen-bond acceptors (Lipinski definition) is 4. The first-order valence-electron chi connectivity index (χ1n) is 7.20. The Bertz CT molecular complexity index is 606. The van der Waals surface area contributed by atoms with Gasteiger partial charge in [-0.15, -0.1) is 0 Å². The normalized spacial score (nSPS) is 20.2. The third kappa shape index (κ3) is 3.63. The molecule has 1 aromatic rings. The van der Waals surface area contributed by atoms with E-state index in [0.717, 1.165) is 12.8 Å². The van der Waals surface area contributed by atoms with Gasteiger partial charge in [0, 0.05) is 6.61 Å². The van der Waals surface area contributed by atoms with Crippen molar-refractivity contribution in [2.75, 3.05) is 12.4 Å². The highest BCUT2D eigenvalue weighted by Gasteiger charge is 2.26. The van der Waals surface area contributed by atoms with E-state index in [0.29, 0.717) is 6.61 Å². The average Bonchev–Trinajstić information content (AvgIpc) is 3.01. The number of ether oxygens (including phenoxy) is 1. The summed E-state index contributed by atoms with van der Waals surface area (Å²) in [5.74, 6) is -0.399. The Morgan fingerprint density at radius 3 is 2.76 bits per heavy atom. The minimum absolute atomic E-state index is 0.00361. The number of nitrogens with one attached hydrogen (secondary N) is 1. The van der Waals surface area contributed by atoms with Crippen LogP contribution in [0.5, 0.6) is 0 Å². The Morgan fingerprint density at radius 1 is 1.43 bits per heavy atom. The molecule has 6 heteroatoms. The second-order valence-corrected chi connectivity index (χ2v) is 7.46. The second kappa shape index (κ2) is 6.58. The van der Waals surface area contributed by atoms with Gasteiger partial charge in [-0.05, 0) is 31.9 Å². The Morgan fingerprint density at radius 2 is 2.14 bits per heavy atom. The summed E-state index contributed by atoms with van der Waals surface area (Å²) in [5.41, 5.74) is 0.198. The molecule has 2 rings (SSSR count). The number of carbonyl (C=O) groups excluding carboxylic acids is 1. The number of hydrogen-bond donors (Lipinski definition) is 1. The van der Waals surface area contributed by atoms with Gasteiger partial charge < -0.3 is 10.1 Å². The van der Waals surface area contributed by atoms with Gasteiger partial charge in [-0.25, -0.2) is 8.42 Å². The number of carbonyl (C=O) groups is 1. The summed E-state index contributed by atoms with van der Waals surface area (Å²) in [4.78, 5) is 12.5. The standard InChI is InChI=1S/C15H21NO4S/c1-3-21(18,19)14-9-5-4-7-12(14)15(17)16-11(2)13-8-6-10-20-13/h4-5,7,9,11,13H,3,6,8,10H2,1-2H3,(H,16,17)/t11-,13-/m1/s1. The summed E-state index contributed by atoms with van der Waals surface area (Å²) in [7, 11) is -3.42. The highest BCUT2D eigenvalue weighted by molar-refractivity contribution is 7.91. The molecule has 0 saturated carbocycles. The molecule has 1 amide bonds. The van der Waals surface area contributed by atoms with E-state index in [2.05, 4.69) is 5.32 Å². The van der Waals surface area contributed by atoms with Crippen LogP contribution in [-0.4, -0.2) is 38.8 Å². The third-order valence-corrected chi connectivity index (χ3v) is 5.51. The van der Waals surface area contributed by atoms with Crippen molar-refractivity contribution in [3.8, 4) is 0 Å². The van der Waals surface area contributed by atoms with Crippen LogP contribution in [0.15, 0.2) is 29.2 Å². The van der Waals surface area contributed by atoms with Crippen molar-refractivity contribution in [2.24, 2.45) is 0 Å². The second-order valence-electron chi connectivity index (χ2n) is 5.21. The molecule has 0 spiro atoms. The summed E-state index contributed by atoms with van der Waals surface area (Å²) in [6.45, 7) is 4.16. The Hall–Kier alpha value is -1.40. The van der Waals surface area contributed by atoms with Gasteiger partial charge in [-0.2, -0.15) is 0 Å². The maximum Gasteiger partial charge on any atom is 0.252 e. The third-order valence-electron chi connectivity index (χ3n) is 3.73. The fraction of sp³-hybridized carbons (Fsp3) is 0.533. The highest BCUT2D eigenvalue weighted by Crippen LogP contribution is 2.19. The molecule has 21 heavy (non-hydrogen) atoms. The summed E-state index contributed by atoms with van der Waals surface area (Å²) < 4.78 is 29.7. The molecule has 1 saturated heterocycles. The molecule has 1 fully saturated rings. The van der Waals surface area contributed by atoms with Crippen molar-refractivity contribution in [1.29, 1.82) is 0 Å². The van der Waals surface area contributed by atoms with Crippen LogP contribution in [0.2, 0.25) is 0 Å². The smallest absolute Gasteiger partial charge is 0.252 e. The number of rotatable bonds is 5. The average molecular weight is 311 g/mol. The van der Waals surface area contributed by atoms with E-state index in [1.807, 2.05) is 6.92 Å². The molecule has 5 nitrogen and oxygen atoms in total. The van der Waals surface area contributed by atoms with Crippen molar-refractivity contribution in [1.82, 2.24) is 5.32 Å². The highest BCUT2D eigenvalue weighted by atomic mass is 32.2. The molecule has 0 aliphatic carbocycles. The predicted octanol–water partition coefficient (Wildman–Crippen LogP) is 1.78. The van der Waals surface area contributed by atoms with E-state index in [-0.39, 0.29) is 34.3 Å². The Labute approximate surface area is 125 Å². The quantitative estimate of drug-likeness (QED) is 0.899. The maximum atomic E-state index is 12.4. The van der Waals surface area contributed by atoms with Crippen LogP contribution in [0, 0.1) is 0 Å². The van der Waals surface area contributed by atoms with E-state index in [1.54, 1.807) is 25.1 Å². The first kappa shape index (κ1) is 16.0. The zero-order chi connectivity index (χ0) is 15.5. The van der Waals surface area contributed by atoms with Crippen LogP contribution >= 0.6 is 0 Å². The minimum Gasteiger partial charge on any atom is -0.376 e. The number of benzene rings is 1. The molecule has 1 N–H and O–H groups in total. The van der Waals surface area contributed by atoms with Crippen molar-refractivity contribution in [3.63, 3.8) is 0 Å². The van der Waals surface area contributed by atoms with Crippen molar-refractivity contribution in [2.45, 2.75) is 43.7 Å². The lowest BCUT2D eigenvalue weighted by Gasteiger charge is -2.20. The Kier molecular flexibility index (Phi) is 5.00. The van der Waals surface area contributed by atoms with E-state index in [9.17, 15) is 13.2 Å². The van der Waals surface area contributed by atoms with Gasteiger partial charge in [0.2, 0.25) is 0 Å². The summed E-state index contributed by atoms with van der Waals surface area (Å²) in [6.07, 6.45) is 1.91. The van der Waals surface area contributed by atoms with E-state index in [4.69, 9.17) is 4.74 Å². The van der Waals surface area contributed by atoms with Gasteiger partial charge >= 0.3 is 0 Å². The van der Waals surface area contributed by atoms with Crippen LogP contribution in [0.4, 0.5) is 0 Å². The van der Waals surface area contributed by atoms with Gasteiger partial charge in [-0.3, -0.25) is 4.79 Å². The maximum absolute atomic E-state index is 12.4. The van der Waals surface area contributed by atoms with E-state index in [1.165, 1.54) is 6.07 Å².